The van der Waals surface area contributed by atoms with E-state index >= 15 is 0 Å². The van der Waals surface area contributed by atoms with Gasteiger partial charge in [-0.1, -0.05) is 13.8 Å². The predicted molar refractivity (Wildman–Crippen MR) is 67.3 cm³/mol. The number of carbonyl (C=O) groups is 2. The van der Waals surface area contributed by atoms with Crippen molar-refractivity contribution >= 4 is 17.6 Å². The summed E-state index contributed by atoms with van der Waals surface area (Å²) in [6, 6.07) is 2.97. The normalized spacial score (nSPS) is 12.2. The van der Waals surface area contributed by atoms with E-state index < -0.39 is 11.9 Å². The lowest BCUT2D eigenvalue weighted by Crippen LogP contribution is -2.28. The summed E-state index contributed by atoms with van der Waals surface area (Å²) in [6.07, 6.45) is 1.46. The number of nitrogens with zero attached hydrogens (tertiary/aromatic N) is 1. The van der Waals surface area contributed by atoms with Crippen LogP contribution in [-0.2, 0) is 4.79 Å². The number of carboxylic acids is 1. The summed E-state index contributed by atoms with van der Waals surface area (Å²) < 4.78 is 0. The summed E-state index contributed by atoms with van der Waals surface area (Å²) >= 11 is 0. The summed E-state index contributed by atoms with van der Waals surface area (Å²) in [7, 11) is 0. The smallest absolute Gasteiger partial charge is 0.305 e. The van der Waals surface area contributed by atoms with Crippen LogP contribution < -0.4 is 11.1 Å². The van der Waals surface area contributed by atoms with E-state index in [0.29, 0.717) is 5.69 Å². The van der Waals surface area contributed by atoms with E-state index in [1.54, 1.807) is 6.07 Å². The van der Waals surface area contributed by atoms with Gasteiger partial charge >= 0.3 is 5.97 Å². The van der Waals surface area contributed by atoms with Crippen molar-refractivity contribution in [3.63, 3.8) is 0 Å². The number of amides is 1. The maximum absolute atomic E-state index is 11.0. The molecule has 1 rings (SSSR count). The molecule has 98 valence electrons. The Kier molecular flexibility index (Phi) is 4.65. The average Bonchev–Trinajstić information content (AvgIpc) is 2.27. The third kappa shape index (κ3) is 4.04. The molecule has 0 aromatic carbocycles. The van der Waals surface area contributed by atoms with Gasteiger partial charge in [-0.05, 0) is 18.1 Å². The fourth-order valence-electron chi connectivity index (χ4n) is 1.51. The first-order chi connectivity index (χ1) is 8.40. The molecule has 0 bridgehead atoms. The number of hydrogen-bond donors (Lipinski definition) is 3. The van der Waals surface area contributed by atoms with Crippen molar-refractivity contribution in [3.05, 3.63) is 24.0 Å². The van der Waals surface area contributed by atoms with Gasteiger partial charge in [0.1, 0.15) is 5.69 Å². The van der Waals surface area contributed by atoms with Crippen LogP contribution in [0, 0.1) is 5.92 Å². The molecule has 0 fully saturated rings. The summed E-state index contributed by atoms with van der Waals surface area (Å²) in [5, 5.41) is 11.9. The molecule has 6 nitrogen and oxygen atoms in total. The van der Waals surface area contributed by atoms with Crippen molar-refractivity contribution in [1.82, 2.24) is 4.98 Å². The van der Waals surface area contributed by atoms with Gasteiger partial charge < -0.3 is 16.2 Å². The van der Waals surface area contributed by atoms with Crippen LogP contribution in [0.5, 0.6) is 0 Å². The molecule has 18 heavy (non-hydrogen) atoms. The van der Waals surface area contributed by atoms with Crippen LogP contribution in [-0.4, -0.2) is 28.0 Å². The zero-order valence-electron chi connectivity index (χ0n) is 10.4. The van der Waals surface area contributed by atoms with Gasteiger partial charge in [-0.15, -0.1) is 0 Å². The van der Waals surface area contributed by atoms with Gasteiger partial charge in [-0.25, -0.2) is 0 Å². The number of aliphatic carboxylic acids is 1. The van der Waals surface area contributed by atoms with Crippen LogP contribution in [0.4, 0.5) is 5.69 Å². The molecule has 6 heteroatoms. The summed E-state index contributed by atoms with van der Waals surface area (Å²) in [5.74, 6) is -1.34. The first-order valence-corrected chi connectivity index (χ1v) is 5.64. The molecule has 1 atom stereocenters. The van der Waals surface area contributed by atoms with Gasteiger partial charge in [-0.2, -0.15) is 0 Å². The lowest BCUT2D eigenvalue weighted by atomic mass is 10.0. The maximum atomic E-state index is 11.0. The van der Waals surface area contributed by atoms with E-state index in [4.69, 9.17) is 10.8 Å². The second kappa shape index (κ2) is 6.00. The Balaban J connectivity index is 2.83. The fourth-order valence-corrected chi connectivity index (χ4v) is 1.51. The minimum atomic E-state index is -0.870. The Labute approximate surface area is 105 Å². The van der Waals surface area contributed by atoms with Gasteiger partial charge in [0.15, 0.2) is 0 Å². The van der Waals surface area contributed by atoms with Crippen molar-refractivity contribution in [3.8, 4) is 0 Å². The highest BCUT2D eigenvalue weighted by atomic mass is 16.4. The summed E-state index contributed by atoms with van der Waals surface area (Å²) in [5.41, 5.74) is 5.92. The van der Waals surface area contributed by atoms with Crippen molar-refractivity contribution in [1.29, 1.82) is 0 Å². The van der Waals surface area contributed by atoms with Crippen LogP contribution in [0.15, 0.2) is 18.3 Å². The number of carboxylic acid groups (broad SMARTS) is 1. The Morgan fingerprint density at radius 1 is 1.50 bits per heavy atom. The molecular formula is C12H17N3O3. The number of primary amides is 1. The van der Waals surface area contributed by atoms with Gasteiger partial charge in [0.05, 0.1) is 6.42 Å². The molecule has 1 amide bonds. The predicted octanol–water partition coefficient (Wildman–Crippen LogP) is 1.09. The van der Waals surface area contributed by atoms with Crippen molar-refractivity contribution in [2.75, 3.05) is 5.32 Å². The quantitative estimate of drug-likeness (QED) is 0.701. The monoisotopic (exact) mass is 251 g/mol. The molecule has 1 heterocycles. The molecular weight excluding hydrogens is 234 g/mol. The Hall–Kier alpha value is -2.11. The standard InChI is InChI=1S/C12H17N3O3/c1-7(2)9(6-11(16)17)15-8-3-4-14-10(5-8)12(13)18/h3-5,7,9H,6H2,1-2H3,(H2,13,18)(H,14,15)(H,16,17). The molecule has 0 radical (unpaired) electrons. The highest BCUT2D eigenvalue weighted by molar-refractivity contribution is 5.91. The van der Waals surface area contributed by atoms with E-state index in [9.17, 15) is 9.59 Å². The first-order valence-electron chi connectivity index (χ1n) is 5.64. The number of carbonyl (C=O) groups excluding carboxylic acids is 1. The SMILES string of the molecule is CC(C)C(CC(=O)O)Nc1ccnc(C(N)=O)c1. The third-order valence-electron chi connectivity index (χ3n) is 2.56. The van der Waals surface area contributed by atoms with Gasteiger partial charge in [0.25, 0.3) is 5.91 Å². The molecule has 0 aliphatic carbocycles. The van der Waals surface area contributed by atoms with E-state index in [-0.39, 0.29) is 24.1 Å². The molecule has 0 spiro atoms. The van der Waals surface area contributed by atoms with Crippen LogP contribution in [0.3, 0.4) is 0 Å². The van der Waals surface area contributed by atoms with Crippen LogP contribution in [0.25, 0.3) is 0 Å². The highest BCUT2D eigenvalue weighted by Gasteiger charge is 2.17. The van der Waals surface area contributed by atoms with Crippen molar-refractivity contribution in [2.24, 2.45) is 11.7 Å². The second-order valence-electron chi connectivity index (χ2n) is 4.39. The second-order valence-corrected chi connectivity index (χ2v) is 4.39. The molecule has 0 aliphatic heterocycles. The number of pyridine rings is 1. The zero-order chi connectivity index (χ0) is 13.7. The number of rotatable bonds is 6. The van der Waals surface area contributed by atoms with Gasteiger partial charge in [0, 0.05) is 17.9 Å². The van der Waals surface area contributed by atoms with Crippen molar-refractivity contribution < 1.29 is 14.7 Å². The largest absolute Gasteiger partial charge is 0.481 e. The lowest BCUT2D eigenvalue weighted by molar-refractivity contribution is -0.137. The van der Waals surface area contributed by atoms with Crippen LogP contribution in [0.1, 0.15) is 30.8 Å². The number of aromatic nitrogens is 1. The van der Waals surface area contributed by atoms with Crippen molar-refractivity contribution in [2.45, 2.75) is 26.3 Å². The minimum absolute atomic E-state index is 0.00585. The molecule has 1 unspecified atom stereocenters. The number of hydrogen-bond acceptors (Lipinski definition) is 4. The summed E-state index contributed by atoms with van der Waals surface area (Å²) in [4.78, 5) is 25.6. The van der Waals surface area contributed by atoms with E-state index in [2.05, 4.69) is 10.3 Å². The van der Waals surface area contributed by atoms with Crippen LogP contribution in [0.2, 0.25) is 0 Å². The van der Waals surface area contributed by atoms with E-state index in [1.165, 1.54) is 12.3 Å². The number of nitrogens with one attached hydrogen (secondary N) is 1. The Morgan fingerprint density at radius 3 is 2.67 bits per heavy atom. The molecule has 0 saturated carbocycles. The molecule has 4 N–H and O–H groups in total. The Bertz CT molecular complexity index is 446. The van der Waals surface area contributed by atoms with Crippen LogP contribution >= 0.6 is 0 Å². The molecule has 0 saturated heterocycles. The van der Waals surface area contributed by atoms with Gasteiger partial charge in [-0.3, -0.25) is 14.6 Å². The minimum Gasteiger partial charge on any atom is -0.481 e. The van der Waals surface area contributed by atoms with Gasteiger partial charge in [0.2, 0.25) is 0 Å². The van der Waals surface area contributed by atoms with E-state index in [0.717, 1.165) is 0 Å². The average molecular weight is 251 g/mol. The third-order valence-corrected chi connectivity index (χ3v) is 2.56. The first kappa shape index (κ1) is 14.0. The summed E-state index contributed by atoms with van der Waals surface area (Å²) in [6.45, 7) is 3.85. The zero-order valence-corrected chi connectivity index (χ0v) is 10.4. The molecule has 1 aromatic rings. The van der Waals surface area contributed by atoms with E-state index in [1.807, 2.05) is 13.8 Å². The highest BCUT2D eigenvalue weighted by Crippen LogP contribution is 2.15. The molecule has 1 aromatic heterocycles. The Morgan fingerprint density at radius 2 is 2.17 bits per heavy atom. The topological polar surface area (TPSA) is 105 Å². The maximum Gasteiger partial charge on any atom is 0.305 e. The number of anilines is 1. The lowest BCUT2D eigenvalue weighted by Gasteiger charge is -2.21. The fraction of sp³-hybridized carbons (Fsp3) is 0.417. The number of nitrogens with two attached hydrogens (primary N) is 1. The molecule has 0 aliphatic rings.